The Morgan fingerprint density at radius 1 is 1.27 bits per heavy atom. The lowest BCUT2D eigenvalue weighted by Gasteiger charge is -2.18. The second-order valence-corrected chi connectivity index (χ2v) is 7.54. The van der Waals surface area contributed by atoms with E-state index in [1.165, 1.54) is 6.07 Å². The van der Waals surface area contributed by atoms with Crippen molar-refractivity contribution in [2.24, 2.45) is 4.99 Å². The van der Waals surface area contributed by atoms with Crippen LogP contribution in [0.5, 0.6) is 0 Å². The fourth-order valence-electron chi connectivity index (χ4n) is 3.37. The molecule has 9 heteroatoms. The van der Waals surface area contributed by atoms with Crippen LogP contribution >= 0.6 is 24.0 Å². The number of aromatic nitrogens is 2. The summed E-state index contributed by atoms with van der Waals surface area (Å²) in [5, 5.41) is 20.6. The summed E-state index contributed by atoms with van der Waals surface area (Å²) in [5.74, 6) is 0.744. The fraction of sp³-hybridized carbons (Fsp3) is 0.292. The van der Waals surface area contributed by atoms with Crippen LogP contribution in [0.2, 0.25) is 0 Å². The number of halogens is 2. The van der Waals surface area contributed by atoms with Gasteiger partial charge in [-0.25, -0.2) is 9.07 Å². The maximum absolute atomic E-state index is 13.9. The van der Waals surface area contributed by atoms with Gasteiger partial charge in [-0.3, -0.25) is 4.99 Å². The summed E-state index contributed by atoms with van der Waals surface area (Å²) in [7, 11) is 1.69. The maximum atomic E-state index is 13.9. The number of nitrogens with two attached hydrogens (primary N) is 1. The summed E-state index contributed by atoms with van der Waals surface area (Å²) >= 11 is 0. The second-order valence-electron chi connectivity index (χ2n) is 7.54. The number of aryl methyl sites for hydroxylation is 2. The van der Waals surface area contributed by atoms with Crippen molar-refractivity contribution in [2.75, 3.05) is 19.3 Å². The summed E-state index contributed by atoms with van der Waals surface area (Å²) in [6.07, 6.45) is 1.32. The Morgan fingerprint density at radius 2 is 2.00 bits per heavy atom. The highest BCUT2D eigenvalue weighted by atomic mass is 127. The third-order valence-electron chi connectivity index (χ3n) is 5.26. The van der Waals surface area contributed by atoms with Gasteiger partial charge in [0, 0.05) is 13.6 Å². The predicted octanol–water partition coefficient (Wildman–Crippen LogP) is 4.25. The molecule has 0 fully saturated rings. The molecule has 3 aromatic rings. The molecule has 0 aliphatic carbocycles. The molecule has 1 atom stereocenters. The number of nitrogens with one attached hydrogen (secondary N) is 2. The first-order valence-corrected chi connectivity index (χ1v) is 10.5. The monoisotopic (exact) mass is 561 g/mol. The molecule has 0 saturated heterocycles. The van der Waals surface area contributed by atoms with Crippen molar-refractivity contribution in [3.63, 3.8) is 0 Å². The van der Waals surface area contributed by atoms with Crippen molar-refractivity contribution in [2.45, 2.75) is 32.7 Å². The predicted molar refractivity (Wildman–Crippen MR) is 140 cm³/mol. The van der Waals surface area contributed by atoms with Gasteiger partial charge in [0.1, 0.15) is 23.3 Å². The van der Waals surface area contributed by atoms with Gasteiger partial charge >= 0.3 is 0 Å². The number of hydrogen-bond donors (Lipinski definition) is 3. The molecule has 1 heterocycles. The molecule has 0 saturated carbocycles. The lowest BCUT2D eigenvalue weighted by molar-refractivity contribution is 0.607. The van der Waals surface area contributed by atoms with Crippen molar-refractivity contribution in [3.05, 3.63) is 76.7 Å². The largest absolute Gasteiger partial charge is 0.382 e. The molecule has 3 rings (SSSR count). The molecule has 174 valence electrons. The van der Waals surface area contributed by atoms with Crippen molar-refractivity contribution in [1.29, 1.82) is 5.26 Å². The molecule has 2 aromatic carbocycles. The number of nitrogen functional groups attached to an aromatic ring is 1. The smallest absolute Gasteiger partial charge is 0.191 e. The standard InChI is InChI=1S/C24H28FN7.HI/c1-16-11-12-18(14-21(16)25)17(2)30-24(28-3)29-13-7-10-22-20(15-26)23(27)32(31-22)19-8-5-4-6-9-19;/h4-6,8-9,11-12,14,17H,7,10,13,27H2,1-3H3,(H2,28,29,30);1H. The topological polar surface area (TPSA) is 104 Å². The number of nitriles is 1. The number of para-hydroxylation sites is 1. The van der Waals surface area contributed by atoms with E-state index in [2.05, 4.69) is 26.8 Å². The van der Waals surface area contributed by atoms with E-state index in [4.69, 9.17) is 5.73 Å². The molecule has 0 aliphatic heterocycles. The zero-order valence-electron chi connectivity index (χ0n) is 19.0. The van der Waals surface area contributed by atoms with Crippen LogP contribution in [0, 0.1) is 24.1 Å². The molecular formula is C24H29FIN7. The zero-order valence-corrected chi connectivity index (χ0v) is 21.3. The number of rotatable bonds is 7. The Morgan fingerprint density at radius 3 is 2.64 bits per heavy atom. The van der Waals surface area contributed by atoms with Gasteiger partial charge in [0.05, 0.1) is 17.4 Å². The number of nitrogens with zero attached hydrogens (tertiary/aromatic N) is 4. The van der Waals surface area contributed by atoms with Crippen LogP contribution in [0.25, 0.3) is 5.69 Å². The molecule has 4 N–H and O–H groups in total. The average molecular weight is 561 g/mol. The number of aliphatic imine (C=N–C) groups is 1. The van der Waals surface area contributed by atoms with E-state index >= 15 is 0 Å². The van der Waals surface area contributed by atoms with Gasteiger partial charge in [0.2, 0.25) is 0 Å². The molecule has 0 radical (unpaired) electrons. The minimum Gasteiger partial charge on any atom is -0.382 e. The van der Waals surface area contributed by atoms with Gasteiger partial charge in [0.25, 0.3) is 0 Å². The summed E-state index contributed by atoms with van der Waals surface area (Å²) in [4.78, 5) is 4.24. The Labute approximate surface area is 210 Å². The Kier molecular flexibility index (Phi) is 9.66. The van der Waals surface area contributed by atoms with Crippen molar-refractivity contribution in [3.8, 4) is 11.8 Å². The summed E-state index contributed by atoms with van der Waals surface area (Å²) in [5.41, 5.74) is 9.52. The minimum absolute atomic E-state index is 0. The van der Waals surface area contributed by atoms with E-state index in [9.17, 15) is 9.65 Å². The lowest BCUT2D eigenvalue weighted by Crippen LogP contribution is -2.39. The van der Waals surface area contributed by atoms with E-state index < -0.39 is 0 Å². The van der Waals surface area contributed by atoms with Crippen molar-refractivity contribution >= 4 is 35.8 Å². The normalized spacial score (nSPS) is 11.9. The van der Waals surface area contributed by atoms with Gasteiger partial charge in [-0.1, -0.05) is 30.3 Å². The SMILES string of the molecule is CN=C(NCCCc1nn(-c2ccccc2)c(N)c1C#N)NC(C)c1ccc(C)c(F)c1.I. The maximum Gasteiger partial charge on any atom is 0.191 e. The van der Waals surface area contributed by atoms with E-state index in [1.54, 1.807) is 24.7 Å². The summed E-state index contributed by atoms with van der Waals surface area (Å²) in [6, 6.07) is 16.8. The molecule has 0 amide bonds. The van der Waals surface area contributed by atoms with Crippen LogP contribution in [0.3, 0.4) is 0 Å². The van der Waals surface area contributed by atoms with Crippen LogP contribution in [0.15, 0.2) is 53.5 Å². The average Bonchev–Trinajstić information content (AvgIpc) is 3.13. The van der Waals surface area contributed by atoms with Crippen molar-refractivity contribution < 1.29 is 4.39 Å². The van der Waals surface area contributed by atoms with Crippen LogP contribution in [-0.4, -0.2) is 29.3 Å². The number of anilines is 1. The molecule has 0 bridgehead atoms. The van der Waals surface area contributed by atoms with Gasteiger partial charge in [0.15, 0.2) is 5.96 Å². The summed E-state index contributed by atoms with van der Waals surface area (Å²) in [6.45, 7) is 4.32. The number of benzene rings is 2. The molecule has 7 nitrogen and oxygen atoms in total. The highest BCUT2D eigenvalue weighted by molar-refractivity contribution is 14.0. The summed E-state index contributed by atoms with van der Waals surface area (Å²) < 4.78 is 15.5. The molecule has 0 spiro atoms. The van der Waals surface area contributed by atoms with Crippen LogP contribution in [-0.2, 0) is 6.42 Å². The van der Waals surface area contributed by atoms with Crippen molar-refractivity contribution in [1.82, 2.24) is 20.4 Å². The first kappa shape index (κ1) is 26.1. The molecular weight excluding hydrogens is 532 g/mol. The van der Waals surface area contributed by atoms with Crippen LogP contribution in [0.4, 0.5) is 10.2 Å². The fourth-order valence-corrected chi connectivity index (χ4v) is 3.37. The first-order chi connectivity index (χ1) is 15.4. The molecule has 33 heavy (non-hydrogen) atoms. The van der Waals surface area contributed by atoms with Crippen LogP contribution in [0.1, 0.15) is 41.8 Å². The first-order valence-electron chi connectivity index (χ1n) is 10.5. The van der Waals surface area contributed by atoms with E-state index in [0.717, 1.165) is 17.7 Å². The second kappa shape index (κ2) is 12.2. The van der Waals surface area contributed by atoms with E-state index in [-0.39, 0.29) is 35.8 Å². The van der Waals surface area contributed by atoms with Gasteiger partial charge in [-0.15, -0.1) is 24.0 Å². The lowest BCUT2D eigenvalue weighted by atomic mass is 10.1. The Bertz CT molecular complexity index is 1140. The van der Waals surface area contributed by atoms with Gasteiger partial charge in [-0.2, -0.15) is 10.4 Å². The quantitative estimate of drug-likeness (QED) is 0.173. The van der Waals surface area contributed by atoms with Crippen LogP contribution < -0.4 is 16.4 Å². The number of hydrogen-bond acceptors (Lipinski definition) is 4. The van der Waals surface area contributed by atoms with E-state index in [0.29, 0.717) is 41.6 Å². The highest BCUT2D eigenvalue weighted by Crippen LogP contribution is 2.21. The van der Waals surface area contributed by atoms with E-state index in [1.807, 2.05) is 43.3 Å². The zero-order chi connectivity index (χ0) is 23.1. The third-order valence-corrected chi connectivity index (χ3v) is 5.26. The van der Waals surface area contributed by atoms with Gasteiger partial charge in [-0.05, 0) is 56.0 Å². The Balaban J connectivity index is 0.00000385. The molecule has 1 unspecified atom stereocenters. The van der Waals surface area contributed by atoms with Gasteiger partial charge < -0.3 is 16.4 Å². The highest BCUT2D eigenvalue weighted by Gasteiger charge is 2.16. The molecule has 1 aromatic heterocycles. The molecule has 0 aliphatic rings. The number of guanidine groups is 1. The third kappa shape index (κ3) is 6.44. The Hall–Kier alpha value is -3.13. The minimum atomic E-state index is -0.221.